The molecule has 2 heterocycles. The van der Waals surface area contributed by atoms with Crippen molar-refractivity contribution < 1.29 is 13.5 Å². The van der Waals surface area contributed by atoms with Crippen LogP contribution in [0.4, 0.5) is 0 Å². The molecule has 3 unspecified atom stereocenters. The molecule has 0 aliphatic carbocycles. The smallest absolute Gasteiger partial charge is 0.280 e. The van der Waals surface area contributed by atoms with Gasteiger partial charge in [-0.15, -0.1) is 0 Å². The van der Waals surface area contributed by atoms with Crippen molar-refractivity contribution in [3.63, 3.8) is 0 Å². The topological polar surface area (TPSA) is 72.9 Å². The van der Waals surface area contributed by atoms with E-state index in [2.05, 4.69) is 23.6 Å². The Morgan fingerprint density at radius 2 is 2.00 bits per heavy atom. The standard InChI is InChI=1S/C13H27N3O3S/c1-11-9-15(2)8-6-13(11)14-20(18,19)16-7-4-3-5-12(16)10-17/h11-14,17H,3-10H2,1-2H3. The third-order valence-corrected chi connectivity index (χ3v) is 6.20. The number of aliphatic hydroxyl groups excluding tert-OH is 1. The minimum Gasteiger partial charge on any atom is -0.395 e. The Morgan fingerprint density at radius 3 is 2.65 bits per heavy atom. The van der Waals surface area contributed by atoms with Crippen LogP contribution in [0.2, 0.25) is 0 Å². The van der Waals surface area contributed by atoms with E-state index in [9.17, 15) is 13.5 Å². The third kappa shape index (κ3) is 3.71. The third-order valence-electron chi connectivity index (χ3n) is 4.50. The molecule has 0 spiro atoms. The summed E-state index contributed by atoms with van der Waals surface area (Å²) >= 11 is 0. The maximum absolute atomic E-state index is 12.5. The molecule has 7 heteroatoms. The van der Waals surface area contributed by atoms with Crippen LogP contribution in [0.25, 0.3) is 0 Å². The molecule has 2 rings (SSSR count). The maximum atomic E-state index is 12.5. The summed E-state index contributed by atoms with van der Waals surface area (Å²) in [5, 5.41) is 9.38. The molecule has 2 aliphatic rings. The molecule has 118 valence electrons. The first-order chi connectivity index (χ1) is 9.44. The van der Waals surface area contributed by atoms with Gasteiger partial charge in [-0.05, 0) is 38.8 Å². The van der Waals surface area contributed by atoms with Crippen LogP contribution in [0.3, 0.4) is 0 Å². The van der Waals surface area contributed by atoms with Gasteiger partial charge in [0, 0.05) is 25.2 Å². The van der Waals surface area contributed by atoms with Crippen LogP contribution in [0, 0.1) is 5.92 Å². The fourth-order valence-corrected chi connectivity index (χ4v) is 5.06. The number of hydrogen-bond acceptors (Lipinski definition) is 4. The molecular formula is C13H27N3O3S. The van der Waals surface area contributed by atoms with E-state index in [1.54, 1.807) is 0 Å². The van der Waals surface area contributed by atoms with E-state index >= 15 is 0 Å². The molecular weight excluding hydrogens is 278 g/mol. The Hall–Kier alpha value is -0.210. The molecule has 0 amide bonds. The summed E-state index contributed by atoms with van der Waals surface area (Å²) in [6, 6.07) is -0.264. The maximum Gasteiger partial charge on any atom is 0.280 e. The molecule has 6 nitrogen and oxygen atoms in total. The molecule has 2 aliphatic heterocycles. The molecule has 20 heavy (non-hydrogen) atoms. The van der Waals surface area contributed by atoms with Crippen molar-refractivity contribution in [2.75, 3.05) is 33.3 Å². The van der Waals surface area contributed by atoms with Crippen molar-refractivity contribution >= 4 is 10.2 Å². The highest BCUT2D eigenvalue weighted by Gasteiger charge is 2.35. The average molecular weight is 305 g/mol. The average Bonchev–Trinajstić information content (AvgIpc) is 2.42. The monoisotopic (exact) mass is 305 g/mol. The summed E-state index contributed by atoms with van der Waals surface area (Å²) in [4.78, 5) is 2.23. The van der Waals surface area contributed by atoms with E-state index in [1.807, 2.05) is 0 Å². The first-order valence-electron chi connectivity index (χ1n) is 7.52. The van der Waals surface area contributed by atoms with E-state index < -0.39 is 10.2 Å². The van der Waals surface area contributed by atoms with Gasteiger partial charge in [-0.1, -0.05) is 13.3 Å². The Bertz CT molecular complexity index is 415. The summed E-state index contributed by atoms with van der Waals surface area (Å²) in [5.41, 5.74) is 0. The molecule has 0 aromatic carbocycles. The first-order valence-corrected chi connectivity index (χ1v) is 8.96. The Labute approximate surface area is 122 Å². The first kappa shape index (κ1) is 16.2. The van der Waals surface area contributed by atoms with Gasteiger partial charge in [-0.25, -0.2) is 0 Å². The van der Waals surface area contributed by atoms with Gasteiger partial charge in [0.2, 0.25) is 0 Å². The number of aliphatic hydroxyl groups is 1. The number of piperidine rings is 2. The van der Waals surface area contributed by atoms with Crippen molar-refractivity contribution in [2.45, 2.75) is 44.7 Å². The largest absolute Gasteiger partial charge is 0.395 e. The number of rotatable bonds is 4. The SMILES string of the molecule is CC1CN(C)CCC1NS(=O)(=O)N1CCCCC1CO. The number of hydrogen-bond donors (Lipinski definition) is 2. The van der Waals surface area contributed by atoms with Crippen molar-refractivity contribution in [1.82, 2.24) is 13.9 Å². The van der Waals surface area contributed by atoms with E-state index in [4.69, 9.17) is 0 Å². The quantitative estimate of drug-likeness (QED) is 0.767. The van der Waals surface area contributed by atoms with Gasteiger partial charge in [-0.2, -0.15) is 17.4 Å². The van der Waals surface area contributed by atoms with E-state index in [-0.39, 0.29) is 18.7 Å². The number of nitrogens with one attached hydrogen (secondary N) is 1. The predicted octanol–water partition coefficient (Wildman–Crippen LogP) is 0.00780. The van der Waals surface area contributed by atoms with Crippen LogP contribution in [-0.2, 0) is 10.2 Å². The highest BCUT2D eigenvalue weighted by molar-refractivity contribution is 7.87. The predicted molar refractivity (Wildman–Crippen MR) is 78.6 cm³/mol. The minimum atomic E-state index is -3.49. The lowest BCUT2D eigenvalue weighted by molar-refractivity contribution is 0.149. The fourth-order valence-electron chi connectivity index (χ4n) is 3.26. The van der Waals surface area contributed by atoms with E-state index in [0.717, 1.165) is 38.8 Å². The Kier molecular flexibility index (Phi) is 5.42. The molecule has 2 saturated heterocycles. The minimum absolute atomic E-state index is 0.00234. The molecule has 2 fully saturated rings. The zero-order valence-electron chi connectivity index (χ0n) is 12.5. The van der Waals surface area contributed by atoms with Crippen LogP contribution < -0.4 is 4.72 Å². The molecule has 3 atom stereocenters. The normalized spacial score (nSPS) is 34.2. The van der Waals surface area contributed by atoms with Crippen molar-refractivity contribution in [3.05, 3.63) is 0 Å². The Morgan fingerprint density at radius 1 is 1.25 bits per heavy atom. The number of nitrogens with zero attached hydrogens (tertiary/aromatic N) is 2. The van der Waals surface area contributed by atoms with Crippen LogP contribution >= 0.6 is 0 Å². The van der Waals surface area contributed by atoms with Crippen LogP contribution in [-0.4, -0.2) is 68.1 Å². The second kappa shape index (κ2) is 6.70. The van der Waals surface area contributed by atoms with Crippen molar-refractivity contribution in [1.29, 1.82) is 0 Å². The number of likely N-dealkylation sites (tertiary alicyclic amines) is 1. The van der Waals surface area contributed by atoms with Crippen LogP contribution in [0.15, 0.2) is 0 Å². The van der Waals surface area contributed by atoms with Crippen LogP contribution in [0.5, 0.6) is 0 Å². The lowest BCUT2D eigenvalue weighted by atomic mass is 9.95. The van der Waals surface area contributed by atoms with Gasteiger partial charge in [0.25, 0.3) is 10.2 Å². The zero-order chi connectivity index (χ0) is 14.8. The molecule has 0 bridgehead atoms. The molecule has 0 saturated carbocycles. The molecule has 0 aromatic heterocycles. The van der Waals surface area contributed by atoms with Crippen LogP contribution in [0.1, 0.15) is 32.6 Å². The molecule has 0 aromatic rings. The van der Waals surface area contributed by atoms with Gasteiger partial charge >= 0.3 is 0 Å². The summed E-state index contributed by atoms with van der Waals surface area (Å²) in [5.74, 6) is 0.306. The van der Waals surface area contributed by atoms with Gasteiger partial charge in [0.1, 0.15) is 0 Å². The van der Waals surface area contributed by atoms with Gasteiger partial charge < -0.3 is 10.0 Å². The summed E-state index contributed by atoms with van der Waals surface area (Å²) < 4.78 is 29.4. The van der Waals surface area contributed by atoms with Crippen molar-refractivity contribution in [2.24, 2.45) is 5.92 Å². The van der Waals surface area contributed by atoms with E-state index in [1.165, 1.54) is 4.31 Å². The lowest BCUT2D eigenvalue weighted by Crippen LogP contribution is -2.56. The van der Waals surface area contributed by atoms with Gasteiger partial charge in [-0.3, -0.25) is 0 Å². The summed E-state index contributed by atoms with van der Waals surface area (Å²) in [6.07, 6.45) is 3.46. The summed E-state index contributed by atoms with van der Waals surface area (Å²) in [7, 11) is -1.43. The molecule has 0 radical (unpaired) electrons. The van der Waals surface area contributed by atoms with Crippen molar-refractivity contribution in [3.8, 4) is 0 Å². The molecule has 2 N–H and O–H groups in total. The zero-order valence-corrected chi connectivity index (χ0v) is 13.3. The lowest BCUT2D eigenvalue weighted by Gasteiger charge is -2.38. The fraction of sp³-hybridized carbons (Fsp3) is 1.00. The van der Waals surface area contributed by atoms with Gasteiger partial charge in [0.15, 0.2) is 0 Å². The second-order valence-electron chi connectivity index (χ2n) is 6.20. The highest BCUT2D eigenvalue weighted by atomic mass is 32.2. The van der Waals surface area contributed by atoms with E-state index in [0.29, 0.717) is 12.5 Å². The Balaban J connectivity index is 2.02. The van der Waals surface area contributed by atoms with Gasteiger partial charge in [0.05, 0.1) is 6.61 Å². The highest BCUT2D eigenvalue weighted by Crippen LogP contribution is 2.22. The second-order valence-corrected chi connectivity index (χ2v) is 7.86. The summed E-state index contributed by atoms with van der Waals surface area (Å²) in [6.45, 7) is 4.34.